The average molecular weight is 264 g/mol. The van der Waals surface area contributed by atoms with Crippen LogP contribution in [0.3, 0.4) is 0 Å². The quantitative estimate of drug-likeness (QED) is 0.774. The van der Waals surface area contributed by atoms with Crippen molar-refractivity contribution >= 4 is 34.3 Å². The first-order valence-electron chi connectivity index (χ1n) is 4.58. The number of hydrogen-bond acceptors (Lipinski definition) is 2. The van der Waals surface area contributed by atoms with Crippen LogP contribution in [0.2, 0.25) is 0 Å². The molecular formula is C12H10BrNO. The van der Waals surface area contributed by atoms with E-state index in [0.717, 1.165) is 27.2 Å². The second kappa shape index (κ2) is 4.03. The van der Waals surface area contributed by atoms with Crippen molar-refractivity contribution < 1.29 is 5.11 Å². The van der Waals surface area contributed by atoms with Crippen LogP contribution in [0.15, 0.2) is 22.7 Å². The van der Waals surface area contributed by atoms with Crippen molar-refractivity contribution in [1.82, 2.24) is 4.98 Å². The van der Waals surface area contributed by atoms with Gasteiger partial charge in [-0.15, -0.1) is 0 Å². The molecule has 0 amide bonds. The number of aliphatic hydroxyl groups excluding tert-OH is 1. The Morgan fingerprint density at radius 1 is 1.47 bits per heavy atom. The highest BCUT2D eigenvalue weighted by Crippen LogP contribution is 2.09. The summed E-state index contributed by atoms with van der Waals surface area (Å²) in [5.41, 5.74) is 1.83. The van der Waals surface area contributed by atoms with Crippen LogP contribution < -0.4 is 10.6 Å². The van der Waals surface area contributed by atoms with E-state index in [1.165, 1.54) is 0 Å². The van der Waals surface area contributed by atoms with Gasteiger partial charge in [-0.2, -0.15) is 0 Å². The van der Waals surface area contributed by atoms with Gasteiger partial charge in [0.05, 0.1) is 5.69 Å². The van der Waals surface area contributed by atoms with Gasteiger partial charge in [-0.25, -0.2) is 4.98 Å². The maximum absolute atomic E-state index is 9.00. The topological polar surface area (TPSA) is 33.1 Å². The third-order valence-electron chi connectivity index (χ3n) is 2.24. The molecule has 2 rings (SSSR count). The third-order valence-corrected chi connectivity index (χ3v) is 2.73. The SMILES string of the molecule is Cc1cc2c(nc1=CO)C=CC=C(Br)C=2. The molecule has 2 nitrogen and oxygen atoms in total. The zero-order valence-electron chi connectivity index (χ0n) is 8.24. The van der Waals surface area contributed by atoms with E-state index in [4.69, 9.17) is 5.11 Å². The lowest BCUT2D eigenvalue weighted by molar-refractivity contribution is 0.537. The van der Waals surface area contributed by atoms with Crippen molar-refractivity contribution in [2.24, 2.45) is 0 Å². The number of nitrogens with zero attached hydrogens (tertiary/aromatic N) is 1. The maximum atomic E-state index is 9.00. The van der Waals surface area contributed by atoms with E-state index in [9.17, 15) is 0 Å². The lowest BCUT2D eigenvalue weighted by atomic mass is 10.2. The summed E-state index contributed by atoms with van der Waals surface area (Å²) >= 11 is 3.44. The van der Waals surface area contributed by atoms with Gasteiger partial charge in [0, 0.05) is 9.70 Å². The van der Waals surface area contributed by atoms with Crippen LogP contribution in [0.5, 0.6) is 0 Å². The summed E-state index contributed by atoms with van der Waals surface area (Å²) in [7, 11) is 0. The van der Waals surface area contributed by atoms with Gasteiger partial charge >= 0.3 is 0 Å². The van der Waals surface area contributed by atoms with E-state index in [1.54, 1.807) is 0 Å². The van der Waals surface area contributed by atoms with Crippen molar-refractivity contribution in [1.29, 1.82) is 0 Å². The summed E-state index contributed by atoms with van der Waals surface area (Å²) in [5.74, 6) is 0. The zero-order chi connectivity index (χ0) is 10.8. The second-order valence-corrected chi connectivity index (χ2v) is 4.26. The van der Waals surface area contributed by atoms with Crippen LogP contribution in [-0.4, -0.2) is 10.1 Å². The Balaban J connectivity index is 2.80. The molecule has 0 spiro atoms. The fraction of sp³-hybridized carbons (Fsp3) is 0.0833. The van der Waals surface area contributed by atoms with Crippen LogP contribution in [0.25, 0.3) is 18.4 Å². The first-order chi connectivity index (χ1) is 7.20. The van der Waals surface area contributed by atoms with E-state index < -0.39 is 0 Å². The molecule has 0 unspecified atom stereocenters. The Labute approximate surface area is 96.1 Å². The van der Waals surface area contributed by atoms with E-state index >= 15 is 0 Å². The number of fused-ring (bicyclic) bond motifs is 1. The molecule has 1 aliphatic rings. The first kappa shape index (κ1) is 10.2. The number of aromatic nitrogens is 1. The smallest absolute Gasteiger partial charge is 0.105 e. The number of halogens is 1. The third kappa shape index (κ3) is 2.02. The van der Waals surface area contributed by atoms with Crippen molar-refractivity contribution in [2.45, 2.75) is 6.92 Å². The summed E-state index contributed by atoms with van der Waals surface area (Å²) in [6.07, 6.45) is 8.86. The lowest BCUT2D eigenvalue weighted by Crippen LogP contribution is -2.21. The molecule has 0 aromatic carbocycles. The molecule has 0 aliphatic heterocycles. The summed E-state index contributed by atoms with van der Waals surface area (Å²) in [4.78, 5) is 4.35. The van der Waals surface area contributed by atoms with E-state index in [2.05, 4.69) is 20.9 Å². The standard InChI is InChI=1S/C12H10BrNO/c1-8-5-9-6-10(13)3-2-4-11(9)14-12(8)7-15/h2-7,15H,1H3. The molecule has 0 saturated carbocycles. The van der Waals surface area contributed by atoms with Gasteiger partial charge < -0.3 is 5.11 Å². The summed E-state index contributed by atoms with van der Waals surface area (Å²) < 4.78 is 1.01. The minimum atomic E-state index is 0.616. The van der Waals surface area contributed by atoms with Crippen molar-refractivity contribution in [3.8, 4) is 0 Å². The minimum Gasteiger partial charge on any atom is -0.513 e. The molecule has 3 heteroatoms. The van der Waals surface area contributed by atoms with Crippen molar-refractivity contribution in [3.63, 3.8) is 0 Å². The highest BCUT2D eigenvalue weighted by Gasteiger charge is 2.00. The van der Waals surface area contributed by atoms with Crippen LogP contribution in [0.1, 0.15) is 11.3 Å². The van der Waals surface area contributed by atoms with Crippen LogP contribution in [0, 0.1) is 6.92 Å². The van der Waals surface area contributed by atoms with Gasteiger partial charge in [-0.3, -0.25) is 0 Å². The Bertz CT molecular complexity index is 570. The van der Waals surface area contributed by atoms with Gasteiger partial charge in [0.2, 0.25) is 0 Å². The number of rotatable bonds is 0. The fourth-order valence-electron chi connectivity index (χ4n) is 1.47. The summed E-state index contributed by atoms with van der Waals surface area (Å²) in [6, 6.07) is 2.01. The molecule has 0 fully saturated rings. The molecule has 1 aromatic heterocycles. The molecule has 15 heavy (non-hydrogen) atoms. The Hall–Kier alpha value is -1.35. The van der Waals surface area contributed by atoms with Gasteiger partial charge in [0.15, 0.2) is 0 Å². The highest BCUT2D eigenvalue weighted by molar-refractivity contribution is 9.12. The molecule has 1 aliphatic carbocycles. The fourth-order valence-corrected chi connectivity index (χ4v) is 1.87. The summed E-state index contributed by atoms with van der Waals surface area (Å²) in [5, 5.41) is 10.7. The number of aryl methyl sites for hydroxylation is 1. The summed E-state index contributed by atoms with van der Waals surface area (Å²) in [6.45, 7) is 1.93. The number of hydrogen-bond donors (Lipinski definition) is 1. The molecule has 76 valence electrons. The monoisotopic (exact) mass is 263 g/mol. The highest BCUT2D eigenvalue weighted by atomic mass is 79.9. The molecule has 0 radical (unpaired) electrons. The first-order valence-corrected chi connectivity index (χ1v) is 5.37. The van der Waals surface area contributed by atoms with Crippen LogP contribution in [-0.2, 0) is 0 Å². The molecule has 1 aromatic rings. The molecule has 0 bridgehead atoms. The number of aliphatic hydroxyl groups is 1. The van der Waals surface area contributed by atoms with Gasteiger partial charge in [-0.1, -0.05) is 22.0 Å². The average Bonchev–Trinajstić information content (AvgIpc) is 2.37. The molecular weight excluding hydrogens is 254 g/mol. The van der Waals surface area contributed by atoms with Crippen LogP contribution in [0.4, 0.5) is 0 Å². The van der Waals surface area contributed by atoms with E-state index in [1.807, 2.05) is 37.3 Å². The Morgan fingerprint density at radius 2 is 2.27 bits per heavy atom. The largest absolute Gasteiger partial charge is 0.513 e. The normalized spacial score (nSPS) is 15.3. The predicted molar refractivity (Wildman–Crippen MR) is 65.8 cm³/mol. The molecule has 1 N–H and O–H groups in total. The predicted octanol–water partition coefficient (Wildman–Crippen LogP) is 1.77. The van der Waals surface area contributed by atoms with Crippen molar-refractivity contribution in [3.05, 3.63) is 44.5 Å². The molecule has 0 atom stereocenters. The van der Waals surface area contributed by atoms with E-state index in [0.29, 0.717) is 5.35 Å². The second-order valence-electron chi connectivity index (χ2n) is 3.35. The number of allylic oxidation sites excluding steroid dienone is 3. The molecule has 1 heterocycles. The minimum absolute atomic E-state index is 0.616. The zero-order valence-corrected chi connectivity index (χ0v) is 9.82. The van der Waals surface area contributed by atoms with E-state index in [-0.39, 0.29) is 0 Å². The van der Waals surface area contributed by atoms with Crippen molar-refractivity contribution in [2.75, 3.05) is 0 Å². The van der Waals surface area contributed by atoms with Gasteiger partial charge in [0.25, 0.3) is 0 Å². The van der Waals surface area contributed by atoms with Gasteiger partial charge in [-0.05, 0) is 36.8 Å². The lowest BCUT2D eigenvalue weighted by Gasteiger charge is -1.98. The van der Waals surface area contributed by atoms with Crippen LogP contribution >= 0.6 is 15.9 Å². The maximum Gasteiger partial charge on any atom is 0.105 e. The number of pyridine rings is 1. The Kier molecular flexibility index (Phi) is 2.73. The Morgan fingerprint density at radius 3 is 3.00 bits per heavy atom. The molecule has 0 saturated heterocycles. The van der Waals surface area contributed by atoms with Gasteiger partial charge in [0.1, 0.15) is 11.6 Å².